The SMILES string of the molecule is CN[C@@H](C)C(=O)NC(C(=O)N1CC2CC1C(=O)N[C@@H](Cc1ccc3ccccc3c1)C(=O)N[C@H](C(=O)O)Cc1ccc(cc1)OC/C=C/C(=O)N1CCN(C(=O)[C@@H](NC(=O)[C@H](C)NC)C(C)(C)C)[C@@H](C1)C(=O)N[C@@H](Cc1ccc3ccccc3c1)C(=O)N[C@H](C(=O)O)CCC(=O)N2)C(C)(C)C. The molecule has 4 aliphatic rings. The van der Waals surface area contributed by atoms with Gasteiger partial charge in [0.1, 0.15) is 60.7 Å². The molecule has 2 fully saturated rings. The molecule has 9 rings (SSSR count). The Labute approximate surface area is 587 Å². The lowest BCUT2D eigenvalue weighted by Crippen LogP contribution is -2.67. The number of benzene rings is 5. The Bertz CT molecular complexity index is 3940. The highest BCUT2D eigenvalue weighted by atomic mass is 16.5. The number of fused-ring (bicyclic) bond motifs is 22. The second-order valence-corrected chi connectivity index (χ2v) is 28.3. The number of carboxylic acids is 2. The van der Waals surface area contributed by atoms with Gasteiger partial charge in [-0.05, 0) is 108 Å². The van der Waals surface area contributed by atoms with Gasteiger partial charge in [0.25, 0.3) is 0 Å². The molecule has 0 aromatic heterocycles. The van der Waals surface area contributed by atoms with Gasteiger partial charge < -0.3 is 77.5 Å². The average Bonchev–Trinajstić information content (AvgIpc) is 1.78. The van der Waals surface area contributed by atoms with Crippen molar-refractivity contribution < 1.29 is 72.5 Å². The average molecular weight is 1390 g/mol. The molecule has 5 aromatic rings. The van der Waals surface area contributed by atoms with Gasteiger partial charge in [0.05, 0.1) is 18.6 Å². The van der Waals surface area contributed by atoms with E-state index >= 15 is 14.4 Å². The van der Waals surface area contributed by atoms with Crippen LogP contribution in [0.5, 0.6) is 5.75 Å². The number of hydrogen-bond donors (Lipinski definition) is 11. The molecule has 11 N–H and O–H groups in total. The Kier molecular flexibility index (Phi) is 25.5. The molecular formula is C74H94N12O15. The minimum absolute atomic E-state index is 0.0726. The number of carbonyl (C=O) groups is 12. The van der Waals surface area contributed by atoms with Gasteiger partial charge in [-0.25, -0.2) is 9.59 Å². The Morgan fingerprint density at radius 2 is 1.05 bits per heavy atom. The first-order valence-corrected chi connectivity index (χ1v) is 34.0. The van der Waals surface area contributed by atoms with Gasteiger partial charge >= 0.3 is 11.9 Å². The van der Waals surface area contributed by atoms with Crippen molar-refractivity contribution in [1.82, 2.24) is 62.6 Å². The van der Waals surface area contributed by atoms with Crippen LogP contribution in [0.1, 0.15) is 91.3 Å². The number of rotatable bonds is 14. The Hall–Kier alpha value is -10.3. The second kappa shape index (κ2) is 33.7. The van der Waals surface area contributed by atoms with E-state index in [0.717, 1.165) is 21.5 Å². The molecule has 540 valence electrons. The number of carboxylic acid groups (broad SMARTS) is 2. The molecule has 10 amide bonds. The molecule has 4 aliphatic heterocycles. The van der Waals surface area contributed by atoms with Crippen LogP contribution in [-0.4, -0.2) is 209 Å². The first kappa shape index (κ1) is 76.5. The van der Waals surface area contributed by atoms with Gasteiger partial charge in [0.15, 0.2) is 0 Å². The van der Waals surface area contributed by atoms with E-state index in [2.05, 4.69) is 47.9 Å². The molecule has 5 aromatic carbocycles. The maximum absolute atomic E-state index is 15.2. The molecule has 0 spiro atoms. The smallest absolute Gasteiger partial charge is 0.326 e. The largest absolute Gasteiger partial charge is 0.490 e. The molecule has 3 unspecified atom stereocenters. The van der Waals surface area contributed by atoms with Crippen molar-refractivity contribution in [3.63, 3.8) is 0 Å². The lowest BCUT2D eigenvalue weighted by atomic mass is 9.85. The summed E-state index contributed by atoms with van der Waals surface area (Å²) in [6.07, 6.45) is 0.738. The van der Waals surface area contributed by atoms with Crippen LogP contribution in [0.2, 0.25) is 0 Å². The third kappa shape index (κ3) is 20.2. The molecule has 11 atom stereocenters. The molecule has 27 heteroatoms. The standard InChI is InChI=1S/C74H94N12O15/c1-42(75-9)63(89)82-61(73(3,4)5)69(95)85-32-31-84-41-58(85)68(94)80-54(37-45-21-25-47-16-11-13-18-49(47)34-45)65(91)78-53(71(97)98)29-30-59(87)77-51-39-57(86(40-51)70(96)62(74(6,7)8)83-64(90)43(2)76-10)67(93)79-55(38-46-22-26-48-17-12-14-19-50(48)35-46)66(92)81-56(72(99)100)36-44-23-27-52(28-24-44)101-33-15-20-60(84)88/h11-28,34-35,42-43,51,53-58,61-62,75-76H,29-33,36-41H2,1-10H3,(H,77,87)(H,78,91)(H,79,93)(H,80,94)(H,81,92)(H,82,89)(H,83,90)(H,97,98)(H,99,100)/b20-15+/t42-,43-,51?,53-,54-,55-,56-,57?,58-,61+,62?/m0/s1. The summed E-state index contributed by atoms with van der Waals surface area (Å²) in [5.41, 5.74) is -0.308. The van der Waals surface area contributed by atoms with Gasteiger partial charge in [-0.1, -0.05) is 139 Å². The van der Waals surface area contributed by atoms with Gasteiger partial charge in [-0.3, -0.25) is 47.9 Å². The van der Waals surface area contributed by atoms with Crippen LogP contribution in [0.15, 0.2) is 121 Å². The maximum atomic E-state index is 15.2. The van der Waals surface area contributed by atoms with E-state index in [1.165, 1.54) is 26.9 Å². The molecule has 2 saturated heterocycles. The van der Waals surface area contributed by atoms with Gasteiger partial charge in [0.2, 0.25) is 59.1 Å². The summed E-state index contributed by atoms with van der Waals surface area (Å²) in [6, 6.07) is 17.8. The second-order valence-electron chi connectivity index (χ2n) is 28.3. The molecule has 0 saturated carbocycles. The third-order valence-electron chi connectivity index (χ3n) is 18.6. The van der Waals surface area contributed by atoms with Crippen molar-refractivity contribution in [2.75, 3.05) is 46.9 Å². The van der Waals surface area contributed by atoms with Crippen molar-refractivity contribution in [1.29, 1.82) is 0 Å². The predicted octanol–water partition coefficient (Wildman–Crippen LogP) is 2.26. The zero-order chi connectivity index (χ0) is 73.6. The molecule has 0 radical (unpaired) electrons. The van der Waals surface area contributed by atoms with E-state index in [1.807, 2.05) is 66.7 Å². The third-order valence-corrected chi connectivity index (χ3v) is 18.6. The quantitative estimate of drug-likeness (QED) is 0.0759. The van der Waals surface area contributed by atoms with Crippen LogP contribution in [0.4, 0.5) is 0 Å². The number of nitrogens with zero attached hydrogens (tertiary/aromatic N) is 3. The van der Waals surface area contributed by atoms with Gasteiger partial charge in [-0.2, -0.15) is 0 Å². The fourth-order valence-corrected chi connectivity index (χ4v) is 12.4. The summed E-state index contributed by atoms with van der Waals surface area (Å²) in [7, 11) is 3.15. The highest BCUT2D eigenvalue weighted by Gasteiger charge is 2.48. The highest BCUT2D eigenvalue weighted by molar-refractivity contribution is 5.99. The Morgan fingerprint density at radius 3 is 1.54 bits per heavy atom. The monoisotopic (exact) mass is 1390 g/mol. The summed E-state index contributed by atoms with van der Waals surface area (Å²) in [6.45, 7) is 12.4. The normalized spacial score (nSPS) is 22.6. The lowest BCUT2D eigenvalue weighted by molar-refractivity contribution is -0.151. The Morgan fingerprint density at radius 1 is 0.564 bits per heavy atom. The van der Waals surface area contributed by atoms with Crippen molar-refractivity contribution >= 4 is 92.6 Å². The van der Waals surface area contributed by atoms with Crippen molar-refractivity contribution in [2.24, 2.45) is 10.8 Å². The van der Waals surface area contributed by atoms with Crippen LogP contribution in [0, 0.1) is 10.8 Å². The zero-order valence-corrected chi connectivity index (χ0v) is 58.7. The molecule has 101 heavy (non-hydrogen) atoms. The lowest BCUT2D eigenvalue weighted by Gasteiger charge is -2.44. The summed E-state index contributed by atoms with van der Waals surface area (Å²) in [5.74, 6) is -9.97. The van der Waals surface area contributed by atoms with Crippen LogP contribution in [0.3, 0.4) is 0 Å². The number of carbonyl (C=O) groups excluding carboxylic acids is 10. The van der Waals surface area contributed by atoms with E-state index < -0.39 is 168 Å². The van der Waals surface area contributed by atoms with E-state index in [-0.39, 0.29) is 51.9 Å². The van der Waals surface area contributed by atoms with Crippen molar-refractivity contribution in [3.05, 3.63) is 138 Å². The molecule has 6 bridgehead atoms. The number of hydrogen-bond acceptors (Lipinski definition) is 15. The summed E-state index contributed by atoms with van der Waals surface area (Å²) in [4.78, 5) is 176. The number of likely N-dealkylation sites (N-methyl/N-ethyl adjacent to an activating group) is 2. The summed E-state index contributed by atoms with van der Waals surface area (Å²) in [5, 5.41) is 49.6. The number of nitrogens with one attached hydrogen (secondary N) is 9. The number of piperazine rings is 1. The predicted molar refractivity (Wildman–Crippen MR) is 376 cm³/mol. The number of likely N-dealkylation sites (tertiary alicyclic amines) is 1. The van der Waals surface area contributed by atoms with Gasteiger partial charge in [-0.15, -0.1) is 0 Å². The molecule has 0 aliphatic carbocycles. The van der Waals surface area contributed by atoms with Crippen molar-refractivity contribution in [3.8, 4) is 5.75 Å². The van der Waals surface area contributed by atoms with Crippen LogP contribution < -0.4 is 52.6 Å². The zero-order valence-electron chi connectivity index (χ0n) is 58.7. The van der Waals surface area contributed by atoms with Crippen LogP contribution in [-0.2, 0) is 76.8 Å². The van der Waals surface area contributed by atoms with E-state index in [4.69, 9.17) is 4.74 Å². The van der Waals surface area contributed by atoms with Crippen molar-refractivity contribution in [2.45, 2.75) is 160 Å². The topological polar surface area (TPSA) is 373 Å². The molecular weight excluding hydrogens is 1300 g/mol. The van der Waals surface area contributed by atoms with E-state index in [9.17, 15) is 53.4 Å². The van der Waals surface area contributed by atoms with Crippen LogP contribution >= 0.6 is 0 Å². The van der Waals surface area contributed by atoms with E-state index in [1.54, 1.807) is 112 Å². The van der Waals surface area contributed by atoms with E-state index in [0.29, 0.717) is 22.4 Å². The summed E-state index contributed by atoms with van der Waals surface area (Å²) >= 11 is 0. The number of amides is 10. The minimum atomic E-state index is -1.77. The molecule has 27 nitrogen and oxygen atoms in total. The number of ether oxygens (including phenoxy) is 1. The Balaban J connectivity index is 1.16. The minimum Gasteiger partial charge on any atom is -0.490 e. The molecule has 4 heterocycles. The fourth-order valence-electron chi connectivity index (χ4n) is 12.4. The maximum Gasteiger partial charge on any atom is 0.326 e. The van der Waals surface area contributed by atoms with Gasteiger partial charge in [0, 0.05) is 57.4 Å². The first-order valence-electron chi connectivity index (χ1n) is 34.0. The highest BCUT2D eigenvalue weighted by Crippen LogP contribution is 2.29. The van der Waals surface area contributed by atoms with Crippen LogP contribution in [0.25, 0.3) is 21.5 Å². The fraction of sp³-hybridized carbons (Fsp3) is 0.459. The number of aliphatic carboxylic acids is 2. The summed E-state index contributed by atoms with van der Waals surface area (Å²) < 4.78 is 5.95. The first-order chi connectivity index (χ1) is 47.8.